The Morgan fingerprint density at radius 1 is 1.29 bits per heavy atom. The van der Waals surface area contributed by atoms with Gasteiger partial charge in [0.1, 0.15) is 11.9 Å². The summed E-state index contributed by atoms with van der Waals surface area (Å²) < 4.78 is 7.32. The summed E-state index contributed by atoms with van der Waals surface area (Å²) in [6, 6.07) is 7.47. The number of aromatic nitrogens is 2. The van der Waals surface area contributed by atoms with E-state index in [2.05, 4.69) is 4.98 Å². The van der Waals surface area contributed by atoms with Crippen LogP contribution in [0.5, 0.6) is 0 Å². The molecule has 0 saturated heterocycles. The van der Waals surface area contributed by atoms with E-state index >= 15 is 0 Å². The molecule has 5 nitrogen and oxygen atoms in total. The Kier molecular flexibility index (Phi) is 4.63. The number of rotatable bonds is 5. The van der Waals surface area contributed by atoms with E-state index in [4.69, 9.17) is 4.74 Å². The second-order valence-electron chi connectivity index (χ2n) is 5.79. The van der Waals surface area contributed by atoms with Crippen molar-refractivity contribution in [1.82, 2.24) is 14.5 Å². The van der Waals surface area contributed by atoms with Crippen molar-refractivity contribution in [3.8, 4) is 0 Å². The van der Waals surface area contributed by atoms with Crippen molar-refractivity contribution in [2.75, 3.05) is 14.1 Å². The van der Waals surface area contributed by atoms with Crippen molar-refractivity contribution in [3.63, 3.8) is 0 Å². The van der Waals surface area contributed by atoms with Crippen LogP contribution in [0.3, 0.4) is 0 Å². The van der Waals surface area contributed by atoms with Crippen molar-refractivity contribution in [2.24, 2.45) is 0 Å². The van der Waals surface area contributed by atoms with Gasteiger partial charge in [-0.3, -0.25) is 0 Å². The molecule has 0 spiro atoms. The molecule has 1 aromatic heterocycles. The van der Waals surface area contributed by atoms with Gasteiger partial charge in [-0.25, -0.2) is 9.78 Å². The van der Waals surface area contributed by atoms with Crippen LogP contribution in [-0.4, -0.2) is 40.6 Å². The summed E-state index contributed by atoms with van der Waals surface area (Å²) in [6.07, 6.45) is -0.118. The third kappa shape index (κ3) is 3.42. The Bertz CT molecular complexity index is 631. The van der Waals surface area contributed by atoms with Crippen LogP contribution in [0.4, 0.5) is 0 Å². The van der Waals surface area contributed by atoms with Gasteiger partial charge in [0, 0.05) is 0 Å². The molecule has 0 saturated carbocycles. The predicted molar refractivity (Wildman–Crippen MR) is 83.1 cm³/mol. The maximum atomic E-state index is 12.2. The fraction of sp³-hybridized carbons (Fsp3) is 0.500. The Labute approximate surface area is 125 Å². The zero-order chi connectivity index (χ0) is 15.6. The third-order valence-electron chi connectivity index (χ3n) is 3.21. The first-order valence-corrected chi connectivity index (χ1v) is 7.21. The SMILES string of the molecule is CC(C)OC(=O)C(C)n1c(CN(C)C)nc2ccccc21. The highest BCUT2D eigenvalue weighted by atomic mass is 16.5. The summed E-state index contributed by atoms with van der Waals surface area (Å²) >= 11 is 0. The fourth-order valence-corrected chi connectivity index (χ4v) is 2.36. The monoisotopic (exact) mass is 289 g/mol. The lowest BCUT2D eigenvalue weighted by molar-refractivity contribution is -0.150. The minimum atomic E-state index is -0.394. The van der Waals surface area contributed by atoms with E-state index in [1.165, 1.54) is 0 Å². The molecule has 0 N–H and O–H groups in total. The van der Waals surface area contributed by atoms with E-state index in [0.29, 0.717) is 6.54 Å². The lowest BCUT2D eigenvalue weighted by Crippen LogP contribution is -2.25. The second-order valence-corrected chi connectivity index (χ2v) is 5.79. The number of nitrogens with zero attached hydrogens (tertiary/aromatic N) is 3. The lowest BCUT2D eigenvalue weighted by Gasteiger charge is -2.19. The third-order valence-corrected chi connectivity index (χ3v) is 3.21. The normalized spacial score (nSPS) is 13.1. The van der Waals surface area contributed by atoms with Gasteiger partial charge >= 0.3 is 5.97 Å². The van der Waals surface area contributed by atoms with E-state index in [0.717, 1.165) is 16.9 Å². The van der Waals surface area contributed by atoms with Crippen LogP contribution in [0, 0.1) is 0 Å². The van der Waals surface area contributed by atoms with E-state index in [9.17, 15) is 4.79 Å². The molecule has 5 heteroatoms. The first-order chi connectivity index (χ1) is 9.90. The molecule has 0 bridgehead atoms. The summed E-state index contributed by atoms with van der Waals surface area (Å²) in [5, 5.41) is 0. The topological polar surface area (TPSA) is 47.4 Å². The number of para-hydroxylation sites is 2. The molecule has 21 heavy (non-hydrogen) atoms. The highest BCUT2D eigenvalue weighted by Gasteiger charge is 2.23. The maximum Gasteiger partial charge on any atom is 0.329 e. The lowest BCUT2D eigenvalue weighted by atomic mass is 10.2. The number of hydrogen-bond donors (Lipinski definition) is 0. The standard InChI is InChI=1S/C16H23N3O2/c1-11(2)21-16(20)12(3)19-14-9-7-6-8-13(14)17-15(19)10-18(4)5/h6-9,11-12H,10H2,1-5H3. The molecule has 2 rings (SSSR count). The fourth-order valence-electron chi connectivity index (χ4n) is 2.36. The molecule has 0 fully saturated rings. The summed E-state index contributed by atoms with van der Waals surface area (Å²) in [5.41, 5.74) is 1.86. The Balaban J connectivity index is 2.46. The molecule has 0 radical (unpaired) electrons. The molecule has 1 heterocycles. The molecule has 2 aromatic rings. The number of esters is 1. The van der Waals surface area contributed by atoms with Crippen LogP contribution in [-0.2, 0) is 16.1 Å². The molecule has 0 amide bonds. The quantitative estimate of drug-likeness (QED) is 0.794. The molecule has 114 valence electrons. The van der Waals surface area contributed by atoms with Crippen LogP contribution in [0.2, 0.25) is 0 Å². The number of benzene rings is 1. The first-order valence-electron chi connectivity index (χ1n) is 7.21. The molecular weight excluding hydrogens is 266 g/mol. The molecule has 1 aromatic carbocycles. The number of imidazole rings is 1. The molecule has 0 aliphatic rings. The van der Waals surface area contributed by atoms with E-state index in [1.807, 2.05) is 68.6 Å². The first kappa shape index (κ1) is 15.5. The van der Waals surface area contributed by atoms with Crippen molar-refractivity contribution in [2.45, 2.75) is 39.5 Å². The van der Waals surface area contributed by atoms with E-state index in [1.54, 1.807) is 0 Å². The Morgan fingerprint density at radius 3 is 2.57 bits per heavy atom. The minimum Gasteiger partial charge on any atom is -0.461 e. The largest absolute Gasteiger partial charge is 0.461 e. The maximum absolute atomic E-state index is 12.2. The van der Waals surface area contributed by atoms with E-state index in [-0.39, 0.29) is 12.1 Å². The summed E-state index contributed by atoms with van der Waals surface area (Å²) in [7, 11) is 3.97. The van der Waals surface area contributed by atoms with Gasteiger partial charge in [0.15, 0.2) is 0 Å². The molecule has 0 aliphatic heterocycles. The van der Waals surface area contributed by atoms with Gasteiger partial charge in [-0.2, -0.15) is 0 Å². The average Bonchev–Trinajstić information content (AvgIpc) is 2.73. The van der Waals surface area contributed by atoms with Gasteiger partial charge in [-0.15, -0.1) is 0 Å². The smallest absolute Gasteiger partial charge is 0.329 e. The summed E-state index contributed by atoms with van der Waals surface area (Å²) in [4.78, 5) is 18.9. The molecule has 1 atom stereocenters. The van der Waals surface area contributed by atoms with Gasteiger partial charge in [-0.1, -0.05) is 12.1 Å². The van der Waals surface area contributed by atoms with Crippen LogP contribution in [0.25, 0.3) is 11.0 Å². The minimum absolute atomic E-state index is 0.118. The highest BCUT2D eigenvalue weighted by Crippen LogP contribution is 2.23. The average molecular weight is 289 g/mol. The van der Waals surface area contributed by atoms with Gasteiger partial charge < -0.3 is 14.2 Å². The zero-order valence-electron chi connectivity index (χ0n) is 13.3. The summed E-state index contributed by atoms with van der Waals surface area (Å²) in [5.74, 6) is 0.641. The van der Waals surface area contributed by atoms with E-state index < -0.39 is 6.04 Å². The Morgan fingerprint density at radius 2 is 1.95 bits per heavy atom. The number of fused-ring (bicyclic) bond motifs is 1. The van der Waals surface area contributed by atoms with Crippen LogP contribution in [0.1, 0.15) is 32.6 Å². The van der Waals surface area contributed by atoms with Crippen molar-refractivity contribution < 1.29 is 9.53 Å². The van der Waals surface area contributed by atoms with Crippen molar-refractivity contribution in [1.29, 1.82) is 0 Å². The predicted octanol–water partition coefficient (Wildman–Crippen LogP) is 2.61. The Hall–Kier alpha value is -1.88. The van der Waals surface area contributed by atoms with Crippen LogP contribution >= 0.6 is 0 Å². The zero-order valence-corrected chi connectivity index (χ0v) is 13.3. The number of carbonyl (C=O) groups is 1. The van der Waals surface area contributed by atoms with Crippen LogP contribution < -0.4 is 0 Å². The molecular formula is C16H23N3O2. The number of carbonyl (C=O) groups excluding carboxylic acids is 1. The molecule has 1 unspecified atom stereocenters. The molecule has 0 aliphatic carbocycles. The summed E-state index contributed by atoms with van der Waals surface area (Å²) in [6.45, 7) is 6.25. The van der Waals surface area contributed by atoms with Crippen LogP contribution in [0.15, 0.2) is 24.3 Å². The van der Waals surface area contributed by atoms with Gasteiger partial charge in [0.25, 0.3) is 0 Å². The second kappa shape index (κ2) is 6.26. The van der Waals surface area contributed by atoms with Gasteiger partial charge in [0.05, 0.1) is 23.7 Å². The highest BCUT2D eigenvalue weighted by molar-refractivity contribution is 5.81. The number of ether oxygens (including phenoxy) is 1. The van der Waals surface area contributed by atoms with Gasteiger partial charge in [-0.05, 0) is 47.0 Å². The van der Waals surface area contributed by atoms with Crippen molar-refractivity contribution >= 4 is 17.0 Å². The number of hydrogen-bond acceptors (Lipinski definition) is 4. The van der Waals surface area contributed by atoms with Gasteiger partial charge in [0.2, 0.25) is 0 Å². The van der Waals surface area contributed by atoms with Crippen molar-refractivity contribution in [3.05, 3.63) is 30.1 Å².